The van der Waals surface area contributed by atoms with Gasteiger partial charge in [0.15, 0.2) is 11.5 Å². The largest absolute Gasteiger partial charge is 1.00 e. The summed E-state index contributed by atoms with van der Waals surface area (Å²) in [6.07, 6.45) is 3.47. The van der Waals surface area contributed by atoms with E-state index in [1.165, 1.54) is 0 Å². The summed E-state index contributed by atoms with van der Waals surface area (Å²) in [5.74, 6) is 1.17. The van der Waals surface area contributed by atoms with E-state index in [9.17, 15) is 0 Å². The van der Waals surface area contributed by atoms with Crippen molar-refractivity contribution in [3.05, 3.63) is 48.0 Å². The van der Waals surface area contributed by atoms with E-state index >= 15 is 0 Å². The number of benzene rings is 1. The van der Waals surface area contributed by atoms with Crippen molar-refractivity contribution in [3.63, 3.8) is 0 Å². The second-order valence-electron chi connectivity index (χ2n) is 3.63. The maximum atomic E-state index is 6.17. The lowest BCUT2D eigenvalue weighted by Gasteiger charge is -2.13. The highest BCUT2D eigenvalue weighted by atomic mass is 35.5. The molecule has 0 fully saturated rings. The molecule has 19 heavy (non-hydrogen) atoms. The zero-order chi connectivity index (χ0) is 13.4. The third kappa shape index (κ3) is 5.55. The number of methoxy groups -OCH3 is 1. The van der Waals surface area contributed by atoms with Crippen LogP contribution in [0.25, 0.3) is 0 Å². The van der Waals surface area contributed by atoms with Gasteiger partial charge < -0.3 is 27.2 Å². The number of ether oxygens (including phenoxy) is 2. The maximum absolute atomic E-state index is 6.17. The van der Waals surface area contributed by atoms with Gasteiger partial charge in [-0.1, -0.05) is 30.3 Å². The lowest BCUT2D eigenvalue weighted by Crippen LogP contribution is -3.00. The number of halogens is 2. The molecule has 0 unspecified atom stereocenters. The van der Waals surface area contributed by atoms with Gasteiger partial charge in [-0.05, 0) is 17.7 Å². The smallest absolute Gasteiger partial charge is 0.180 e. The fourth-order valence-electron chi connectivity index (χ4n) is 1.48. The van der Waals surface area contributed by atoms with Gasteiger partial charge in [-0.25, -0.2) is 0 Å². The van der Waals surface area contributed by atoms with Crippen molar-refractivity contribution >= 4 is 11.6 Å². The van der Waals surface area contributed by atoms with E-state index < -0.39 is 0 Å². The molecule has 106 valence electrons. The van der Waals surface area contributed by atoms with Crippen molar-refractivity contribution in [2.24, 2.45) is 0 Å². The van der Waals surface area contributed by atoms with Crippen LogP contribution in [0.3, 0.4) is 0 Å². The van der Waals surface area contributed by atoms with Gasteiger partial charge in [-0.2, -0.15) is 0 Å². The van der Waals surface area contributed by atoms with Crippen LogP contribution >= 0.6 is 11.6 Å². The Kier molecular flexibility index (Phi) is 9.13. The predicted molar refractivity (Wildman–Crippen MR) is 75.6 cm³/mol. The van der Waals surface area contributed by atoms with Crippen molar-refractivity contribution in [3.8, 4) is 11.5 Å². The molecule has 0 aromatic heterocycles. The molecule has 0 saturated heterocycles. The molecule has 0 aliphatic carbocycles. The van der Waals surface area contributed by atoms with E-state index in [2.05, 4.69) is 18.5 Å². The standard InChI is InChI=1S/C14H18ClNO2.ClH/c1-4-6-16-10-11-8-12(15)14(18-7-5-2)13(9-11)17-3;/h4-5,8-9,16H,1-2,6-7,10H2,3H3;1H/p-1. The third-order valence-corrected chi connectivity index (χ3v) is 2.53. The summed E-state index contributed by atoms with van der Waals surface area (Å²) in [5.41, 5.74) is 1.03. The van der Waals surface area contributed by atoms with Crippen LogP contribution in [0.4, 0.5) is 0 Å². The summed E-state index contributed by atoms with van der Waals surface area (Å²) in [4.78, 5) is 0. The molecule has 0 aliphatic heterocycles. The fraction of sp³-hybridized carbons (Fsp3) is 0.286. The Hall–Kier alpha value is -1.16. The summed E-state index contributed by atoms with van der Waals surface area (Å²) < 4.78 is 10.8. The van der Waals surface area contributed by atoms with Gasteiger partial charge in [-0.3, -0.25) is 0 Å². The highest BCUT2D eigenvalue weighted by molar-refractivity contribution is 6.32. The molecule has 1 N–H and O–H groups in total. The molecule has 0 aliphatic rings. The predicted octanol–water partition coefficient (Wildman–Crippen LogP) is 0.193. The van der Waals surface area contributed by atoms with Gasteiger partial charge in [0, 0.05) is 13.1 Å². The van der Waals surface area contributed by atoms with E-state index in [0.717, 1.165) is 12.1 Å². The lowest BCUT2D eigenvalue weighted by atomic mass is 10.2. The van der Waals surface area contributed by atoms with Crippen molar-refractivity contribution in [2.45, 2.75) is 6.54 Å². The van der Waals surface area contributed by atoms with Crippen LogP contribution in [-0.4, -0.2) is 20.3 Å². The minimum atomic E-state index is 0. The van der Waals surface area contributed by atoms with Crippen molar-refractivity contribution in [2.75, 3.05) is 20.3 Å². The summed E-state index contributed by atoms with van der Waals surface area (Å²) in [7, 11) is 1.59. The van der Waals surface area contributed by atoms with Crippen LogP contribution in [-0.2, 0) is 6.54 Å². The number of nitrogens with one attached hydrogen (secondary N) is 1. The van der Waals surface area contributed by atoms with Gasteiger partial charge in [0.2, 0.25) is 0 Å². The van der Waals surface area contributed by atoms with E-state index in [4.69, 9.17) is 21.1 Å². The zero-order valence-corrected chi connectivity index (χ0v) is 12.4. The molecular formula is C14H18Cl2NO2-. The van der Waals surface area contributed by atoms with Crippen LogP contribution < -0.4 is 27.2 Å². The molecule has 0 spiro atoms. The Bertz CT molecular complexity index is 422. The summed E-state index contributed by atoms with van der Waals surface area (Å²) in [5, 5.41) is 3.74. The van der Waals surface area contributed by atoms with Gasteiger partial charge in [-0.15, -0.1) is 6.58 Å². The van der Waals surface area contributed by atoms with Crippen LogP contribution in [0.15, 0.2) is 37.4 Å². The molecule has 0 saturated carbocycles. The average molecular weight is 303 g/mol. The number of hydrogen-bond donors (Lipinski definition) is 1. The lowest BCUT2D eigenvalue weighted by molar-refractivity contribution is -0.00000424. The van der Waals surface area contributed by atoms with Gasteiger partial charge in [0.1, 0.15) is 6.61 Å². The second-order valence-corrected chi connectivity index (χ2v) is 4.04. The number of hydrogen-bond acceptors (Lipinski definition) is 3. The van der Waals surface area contributed by atoms with Crippen LogP contribution in [0, 0.1) is 0 Å². The minimum absolute atomic E-state index is 0. The highest BCUT2D eigenvalue weighted by Crippen LogP contribution is 2.36. The normalized spacial score (nSPS) is 9.37. The molecule has 0 bridgehead atoms. The molecule has 0 atom stereocenters. The summed E-state index contributed by atoms with van der Waals surface area (Å²) >= 11 is 6.17. The first kappa shape index (κ1) is 17.8. The SMILES string of the molecule is C=CCNCc1cc(Cl)c(OCC=C)c(OC)c1.[Cl-]. The maximum Gasteiger partial charge on any atom is 0.180 e. The number of rotatable bonds is 8. The summed E-state index contributed by atoms with van der Waals surface area (Å²) in [6.45, 7) is 9.08. The molecule has 1 rings (SSSR count). The molecule has 3 nitrogen and oxygen atoms in total. The second kappa shape index (κ2) is 9.73. The Morgan fingerprint density at radius 2 is 2.05 bits per heavy atom. The molecule has 0 heterocycles. The van der Waals surface area contributed by atoms with E-state index in [-0.39, 0.29) is 12.4 Å². The molecule has 1 aromatic rings. The molecule has 0 amide bonds. The molecule has 5 heteroatoms. The monoisotopic (exact) mass is 302 g/mol. The van der Waals surface area contributed by atoms with Gasteiger partial charge in [0.25, 0.3) is 0 Å². The Morgan fingerprint density at radius 1 is 1.32 bits per heavy atom. The van der Waals surface area contributed by atoms with Gasteiger partial charge in [0.05, 0.1) is 12.1 Å². The molecule has 0 radical (unpaired) electrons. The first-order valence-electron chi connectivity index (χ1n) is 5.64. The van der Waals surface area contributed by atoms with Crippen molar-refractivity contribution in [1.82, 2.24) is 5.32 Å². The van der Waals surface area contributed by atoms with Crippen LogP contribution in [0.5, 0.6) is 11.5 Å². The topological polar surface area (TPSA) is 30.5 Å². The quantitative estimate of drug-likeness (QED) is 0.549. The average Bonchev–Trinajstić information content (AvgIpc) is 2.37. The van der Waals surface area contributed by atoms with E-state index in [1.807, 2.05) is 12.1 Å². The zero-order valence-electron chi connectivity index (χ0n) is 10.9. The van der Waals surface area contributed by atoms with Crippen LogP contribution in [0.1, 0.15) is 5.56 Å². The summed E-state index contributed by atoms with van der Waals surface area (Å²) in [6, 6.07) is 3.76. The highest BCUT2D eigenvalue weighted by Gasteiger charge is 2.11. The fourth-order valence-corrected chi connectivity index (χ4v) is 1.76. The van der Waals surface area contributed by atoms with Gasteiger partial charge >= 0.3 is 0 Å². The van der Waals surface area contributed by atoms with Crippen LogP contribution in [0.2, 0.25) is 5.02 Å². The molecular weight excluding hydrogens is 285 g/mol. The van der Waals surface area contributed by atoms with Crippen molar-refractivity contribution < 1.29 is 21.9 Å². The Labute approximate surface area is 125 Å². The van der Waals surface area contributed by atoms with E-state index in [1.54, 1.807) is 19.3 Å². The Morgan fingerprint density at radius 3 is 2.63 bits per heavy atom. The van der Waals surface area contributed by atoms with E-state index in [0.29, 0.717) is 29.7 Å². The third-order valence-electron chi connectivity index (χ3n) is 2.25. The first-order chi connectivity index (χ1) is 8.72. The minimum Gasteiger partial charge on any atom is -1.00 e. The Balaban J connectivity index is 0.00000324. The first-order valence-corrected chi connectivity index (χ1v) is 6.02. The molecule has 1 aromatic carbocycles. The van der Waals surface area contributed by atoms with Crippen molar-refractivity contribution in [1.29, 1.82) is 0 Å².